The van der Waals surface area contributed by atoms with Gasteiger partial charge in [0.25, 0.3) is 0 Å². The Morgan fingerprint density at radius 1 is 1.06 bits per heavy atom. The number of hydrogen-bond donors (Lipinski definition) is 3. The van der Waals surface area contributed by atoms with Gasteiger partial charge in [0.2, 0.25) is 11.8 Å². The van der Waals surface area contributed by atoms with Gasteiger partial charge in [-0.25, -0.2) is 18.8 Å². The predicted molar refractivity (Wildman–Crippen MR) is 176 cm³/mol. The summed E-state index contributed by atoms with van der Waals surface area (Å²) in [6.45, 7) is 0.129. The van der Waals surface area contributed by atoms with E-state index in [2.05, 4.69) is 10.6 Å². The van der Waals surface area contributed by atoms with E-state index in [1.807, 2.05) is 12.2 Å². The van der Waals surface area contributed by atoms with Crippen LogP contribution < -0.4 is 10.6 Å². The first kappa shape index (κ1) is 35.6. The van der Waals surface area contributed by atoms with Gasteiger partial charge in [-0.15, -0.1) is 0 Å². The monoisotopic (exact) mass is 698 g/mol. The van der Waals surface area contributed by atoms with Gasteiger partial charge in [-0.2, -0.15) is 0 Å². The maximum atomic E-state index is 14.6. The molecule has 14 heteroatoms. The summed E-state index contributed by atoms with van der Waals surface area (Å²) >= 11 is 0. The molecule has 6 atom stereocenters. The molecule has 2 saturated carbocycles. The molecule has 0 spiro atoms. The molecule has 5 aliphatic rings. The molecule has 6 rings (SSSR count). The van der Waals surface area contributed by atoms with Crippen LogP contribution in [0.1, 0.15) is 87.8 Å². The van der Waals surface area contributed by atoms with Crippen molar-refractivity contribution in [2.45, 2.75) is 113 Å². The number of hydrogen-bond acceptors (Lipinski definition) is 8. The number of benzene rings is 1. The van der Waals surface area contributed by atoms with Crippen molar-refractivity contribution in [3.63, 3.8) is 0 Å². The molecule has 1 unspecified atom stereocenters. The van der Waals surface area contributed by atoms with Gasteiger partial charge in [-0.3, -0.25) is 14.5 Å². The molecule has 3 fully saturated rings. The van der Waals surface area contributed by atoms with Crippen LogP contribution >= 0.6 is 0 Å². The first-order chi connectivity index (χ1) is 24.1. The number of halogens is 1. The molecule has 0 radical (unpaired) electrons. The van der Waals surface area contributed by atoms with E-state index < -0.39 is 65.7 Å². The number of methoxy groups -OCH3 is 1. The Hall–Kier alpha value is -4.20. The lowest BCUT2D eigenvalue weighted by Crippen LogP contribution is -2.56. The number of carbonyl (C=O) groups is 5. The van der Waals surface area contributed by atoms with Crippen LogP contribution in [0.2, 0.25) is 0 Å². The largest absolute Gasteiger partial charge is 0.479 e. The van der Waals surface area contributed by atoms with Crippen LogP contribution in [0.25, 0.3) is 0 Å². The summed E-state index contributed by atoms with van der Waals surface area (Å²) in [5.41, 5.74) is -0.364. The predicted octanol–water partition coefficient (Wildman–Crippen LogP) is 3.99. The molecular formula is C36H47FN4O9. The van der Waals surface area contributed by atoms with Crippen molar-refractivity contribution >= 4 is 30.0 Å². The van der Waals surface area contributed by atoms with Gasteiger partial charge in [-0.05, 0) is 75.0 Å². The lowest BCUT2D eigenvalue weighted by Gasteiger charge is -2.36. The van der Waals surface area contributed by atoms with Crippen LogP contribution in [0.3, 0.4) is 0 Å². The van der Waals surface area contributed by atoms with Crippen molar-refractivity contribution in [3.8, 4) is 0 Å². The molecule has 272 valence electrons. The van der Waals surface area contributed by atoms with E-state index in [4.69, 9.17) is 14.2 Å². The summed E-state index contributed by atoms with van der Waals surface area (Å²) < 4.78 is 31.6. The smallest absolute Gasteiger partial charge is 0.410 e. The number of nitrogens with zero attached hydrogens (tertiary/aromatic N) is 2. The van der Waals surface area contributed by atoms with Gasteiger partial charge in [0.15, 0.2) is 0 Å². The summed E-state index contributed by atoms with van der Waals surface area (Å²) in [6.07, 6.45) is 8.33. The fourth-order valence-corrected chi connectivity index (χ4v) is 7.95. The van der Waals surface area contributed by atoms with E-state index in [9.17, 15) is 33.5 Å². The zero-order valence-corrected chi connectivity index (χ0v) is 28.4. The second-order valence-corrected chi connectivity index (χ2v) is 14.1. The Morgan fingerprint density at radius 3 is 2.60 bits per heavy atom. The van der Waals surface area contributed by atoms with Gasteiger partial charge in [0, 0.05) is 26.0 Å². The van der Waals surface area contributed by atoms with E-state index in [0.717, 1.165) is 44.9 Å². The van der Waals surface area contributed by atoms with E-state index in [1.54, 1.807) is 12.1 Å². The quantitative estimate of drug-likeness (QED) is 0.373. The van der Waals surface area contributed by atoms with Gasteiger partial charge in [-0.1, -0.05) is 37.1 Å². The molecule has 3 heterocycles. The molecule has 1 aromatic rings. The number of carboxylic acid groups (broad SMARTS) is 1. The third-order valence-corrected chi connectivity index (χ3v) is 10.8. The van der Waals surface area contributed by atoms with E-state index >= 15 is 0 Å². The molecule has 13 nitrogen and oxygen atoms in total. The number of carboxylic acids is 1. The normalized spacial score (nSPS) is 30.9. The number of nitrogens with one attached hydrogen (secondary N) is 2. The lowest BCUT2D eigenvalue weighted by molar-refractivity contribution is -0.145. The summed E-state index contributed by atoms with van der Waals surface area (Å²) in [7, 11) is 1.49. The Bertz CT molecular complexity index is 1500. The van der Waals surface area contributed by atoms with Crippen LogP contribution in [0.5, 0.6) is 0 Å². The minimum atomic E-state index is -1.50. The second kappa shape index (κ2) is 15.4. The van der Waals surface area contributed by atoms with Gasteiger partial charge in [0.1, 0.15) is 35.6 Å². The highest BCUT2D eigenvalue weighted by Crippen LogP contribution is 2.45. The zero-order chi connectivity index (χ0) is 35.4. The first-order valence-corrected chi connectivity index (χ1v) is 17.8. The standard InChI is InChI=1S/C36H47FN4O9/c1-48-21-30-26-13-9-14-27(37)25(26)16-17-40(30)35(47)50-24-18-29-31(42)39-36(33(44)45)19-22(36)10-5-3-2-4-6-15-28(32(43)41(29)20-24)38-34(46)49-23-11-7-8-12-23/h5,9-10,13-14,22-24,28-30H,2-4,6-8,11-12,15-21H2,1H3,(H,38,46)(H,39,42)(H,44,45)/b10-5-/t22-,24-,28+,29+,30?,36-/m1/s1. The highest BCUT2D eigenvalue weighted by atomic mass is 19.1. The molecule has 3 N–H and O–H groups in total. The molecule has 2 aliphatic carbocycles. The van der Waals surface area contributed by atoms with Gasteiger partial charge >= 0.3 is 18.2 Å². The Balaban J connectivity index is 1.23. The summed E-state index contributed by atoms with van der Waals surface area (Å²) in [5.74, 6) is -3.11. The van der Waals surface area contributed by atoms with Crippen LogP contribution in [-0.2, 0) is 35.0 Å². The Labute approximate surface area is 290 Å². The van der Waals surface area contributed by atoms with E-state index in [1.165, 1.54) is 23.0 Å². The number of carbonyl (C=O) groups excluding carboxylic acids is 4. The fourth-order valence-electron chi connectivity index (χ4n) is 7.95. The Morgan fingerprint density at radius 2 is 1.84 bits per heavy atom. The molecule has 50 heavy (non-hydrogen) atoms. The van der Waals surface area contributed by atoms with E-state index in [0.29, 0.717) is 24.0 Å². The maximum Gasteiger partial charge on any atom is 0.410 e. The van der Waals surface area contributed by atoms with Crippen LogP contribution in [0.4, 0.5) is 14.0 Å². The van der Waals surface area contributed by atoms with Crippen LogP contribution in [0, 0.1) is 11.7 Å². The summed E-state index contributed by atoms with van der Waals surface area (Å²) in [5, 5.41) is 15.6. The molecule has 1 saturated heterocycles. The van der Waals surface area contributed by atoms with Crippen molar-refractivity contribution in [2.24, 2.45) is 5.92 Å². The van der Waals surface area contributed by atoms with Crippen molar-refractivity contribution < 1.29 is 47.7 Å². The van der Waals surface area contributed by atoms with Crippen molar-refractivity contribution in [3.05, 3.63) is 47.3 Å². The SMILES string of the molecule is COCC1c2cccc(F)c2CCN1C(=O)O[C@@H]1C[C@H]2C(=O)N[C@]3(C(=O)O)C[C@H]3/C=C\CCCCC[C@H](NC(=O)OC3CCCC3)C(=O)N2C1. The van der Waals surface area contributed by atoms with Crippen molar-refractivity contribution in [1.29, 1.82) is 0 Å². The van der Waals surface area contributed by atoms with E-state index in [-0.39, 0.29) is 50.9 Å². The summed E-state index contributed by atoms with van der Waals surface area (Å²) in [4.78, 5) is 70.0. The number of allylic oxidation sites excluding steroid dienone is 1. The number of ether oxygens (including phenoxy) is 3. The van der Waals surface area contributed by atoms with Crippen LogP contribution in [0.15, 0.2) is 30.4 Å². The number of fused-ring (bicyclic) bond motifs is 3. The average molecular weight is 699 g/mol. The highest BCUT2D eigenvalue weighted by Gasteiger charge is 2.61. The third kappa shape index (κ3) is 7.59. The number of rotatable bonds is 6. The second-order valence-electron chi connectivity index (χ2n) is 14.1. The van der Waals surface area contributed by atoms with Gasteiger partial charge < -0.3 is 34.9 Å². The number of aliphatic carboxylic acids is 1. The highest BCUT2D eigenvalue weighted by molar-refractivity contribution is 5.96. The lowest BCUT2D eigenvalue weighted by atomic mass is 9.93. The van der Waals surface area contributed by atoms with Crippen molar-refractivity contribution in [1.82, 2.24) is 20.4 Å². The first-order valence-electron chi connectivity index (χ1n) is 17.8. The molecular weight excluding hydrogens is 651 g/mol. The molecule has 4 amide bonds. The van der Waals surface area contributed by atoms with Gasteiger partial charge in [0.05, 0.1) is 19.2 Å². The zero-order valence-electron chi connectivity index (χ0n) is 28.4. The third-order valence-electron chi connectivity index (χ3n) is 10.8. The van der Waals surface area contributed by atoms with Crippen LogP contribution in [-0.4, -0.2) is 102 Å². The number of alkyl carbamates (subject to hydrolysis) is 1. The fraction of sp³-hybridized carbons (Fsp3) is 0.639. The minimum Gasteiger partial charge on any atom is -0.479 e. The molecule has 3 aliphatic heterocycles. The molecule has 0 bridgehead atoms. The Kier molecular flexibility index (Phi) is 10.9. The maximum absolute atomic E-state index is 14.6. The molecule has 0 aromatic heterocycles. The molecule has 1 aromatic carbocycles. The van der Waals surface area contributed by atoms with Crippen molar-refractivity contribution in [2.75, 3.05) is 26.8 Å². The minimum absolute atomic E-state index is 0.0766. The topological polar surface area (TPSA) is 164 Å². The number of amides is 4. The average Bonchev–Trinajstić information content (AvgIpc) is 3.35. The summed E-state index contributed by atoms with van der Waals surface area (Å²) in [6, 6.07) is 1.93.